The molecule has 3 aromatic rings. The van der Waals surface area contributed by atoms with Gasteiger partial charge in [-0.25, -0.2) is 22.2 Å². The van der Waals surface area contributed by atoms with Gasteiger partial charge in [-0.1, -0.05) is 6.07 Å². The van der Waals surface area contributed by atoms with Gasteiger partial charge in [0, 0.05) is 37.5 Å². The molecule has 7 nitrogen and oxygen atoms in total. The average molecular weight is 474 g/mol. The van der Waals surface area contributed by atoms with Gasteiger partial charge < -0.3 is 10.1 Å². The average Bonchev–Trinajstić information content (AvgIpc) is 3.36. The Bertz CT molecular complexity index is 1240. The first-order chi connectivity index (χ1) is 15.8. The maximum atomic E-state index is 14.3. The second kappa shape index (κ2) is 9.63. The fourth-order valence-corrected chi connectivity index (χ4v) is 5.00. The zero-order chi connectivity index (χ0) is 23.4. The fraction of sp³-hybridized carbons (Fsp3) is 0.217. The lowest BCUT2D eigenvalue weighted by Gasteiger charge is -2.16. The first-order valence-corrected chi connectivity index (χ1v) is 11.7. The summed E-state index contributed by atoms with van der Waals surface area (Å²) < 4.78 is 59.4. The van der Waals surface area contributed by atoms with E-state index in [1.807, 2.05) is 0 Å². The number of benzene rings is 2. The van der Waals surface area contributed by atoms with Crippen LogP contribution in [-0.4, -0.2) is 36.7 Å². The van der Waals surface area contributed by atoms with Crippen molar-refractivity contribution >= 4 is 15.9 Å². The number of nitrogens with zero attached hydrogens (tertiary/aromatic N) is 2. The monoisotopic (exact) mass is 473 g/mol. The summed E-state index contributed by atoms with van der Waals surface area (Å²) >= 11 is 0. The van der Waals surface area contributed by atoms with Gasteiger partial charge in [-0.2, -0.15) is 4.31 Å². The number of pyridine rings is 1. The Morgan fingerprint density at radius 3 is 2.42 bits per heavy atom. The summed E-state index contributed by atoms with van der Waals surface area (Å²) in [5, 5.41) is 2.67. The van der Waals surface area contributed by atoms with Gasteiger partial charge >= 0.3 is 0 Å². The molecule has 2 heterocycles. The number of nitrogens with one attached hydrogen (secondary N) is 1. The molecule has 10 heteroatoms. The van der Waals surface area contributed by atoms with E-state index in [1.165, 1.54) is 40.8 Å². The number of hydrogen-bond acceptors (Lipinski definition) is 5. The van der Waals surface area contributed by atoms with Crippen molar-refractivity contribution in [2.24, 2.45) is 0 Å². The molecule has 1 amide bonds. The van der Waals surface area contributed by atoms with Crippen LogP contribution in [0.15, 0.2) is 65.7 Å². The highest BCUT2D eigenvalue weighted by Gasteiger charge is 2.30. The maximum Gasteiger partial charge on any atom is 0.251 e. The van der Waals surface area contributed by atoms with Crippen molar-refractivity contribution in [3.05, 3.63) is 83.6 Å². The van der Waals surface area contributed by atoms with Crippen molar-refractivity contribution in [3.8, 4) is 11.6 Å². The quantitative estimate of drug-likeness (QED) is 0.563. The van der Waals surface area contributed by atoms with Gasteiger partial charge in [0.25, 0.3) is 5.91 Å². The van der Waals surface area contributed by atoms with Crippen molar-refractivity contribution in [3.63, 3.8) is 0 Å². The lowest BCUT2D eigenvalue weighted by atomic mass is 10.2. The molecular formula is C23H21F2N3O4S. The van der Waals surface area contributed by atoms with Crippen LogP contribution in [0.2, 0.25) is 0 Å². The SMILES string of the molecule is O=C(NCc1ccc(Oc2ccc(F)cc2)nc1)c1ccc(F)c(S(=O)(=O)N2CCCC2)c1. The molecule has 1 aliphatic heterocycles. The third kappa shape index (κ3) is 5.35. The topological polar surface area (TPSA) is 88.6 Å². The highest BCUT2D eigenvalue weighted by Crippen LogP contribution is 2.24. The molecule has 0 aliphatic carbocycles. The van der Waals surface area contributed by atoms with E-state index in [4.69, 9.17) is 4.74 Å². The van der Waals surface area contributed by atoms with Crippen LogP contribution in [0.4, 0.5) is 8.78 Å². The summed E-state index contributed by atoms with van der Waals surface area (Å²) in [6, 6.07) is 12.1. The molecule has 4 rings (SSSR count). The number of halogens is 2. The number of rotatable bonds is 7. The smallest absolute Gasteiger partial charge is 0.251 e. The van der Waals surface area contributed by atoms with Gasteiger partial charge in [0.15, 0.2) is 0 Å². The predicted molar refractivity (Wildman–Crippen MR) is 116 cm³/mol. The Kier molecular flexibility index (Phi) is 6.66. The van der Waals surface area contributed by atoms with E-state index in [0.29, 0.717) is 30.3 Å². The van der Waals surface area contributed by atoms with E-state index in [-0.39, 0.29) is 17.9 Å². The van der Waals surface area contributed by atoms with Crippen LogP contribution in [0, 0.1) is 11.6 Å². The first kappa shape index (κ1) is 22.8. The Hall–Kier alpha value is -3.37. The third-order valence-electron chi connectivity index (χ3n) is 5.16. The molecule has 1 fully saturated rings. The lowest BCUT2D eigenvalue weighted by molar-refractivity contribution is 0.0950. The molecule has 0 saturated carbocycles. The number of sulfonamides is 1. The second-order valence-corrected chi connectivity index (χ2v) is 9.41. The molecule has 1 saturated heterocycles. The van der Waals surface area contributed by atoms with E-state index in [0.717, 1.165) is 25.0 Å². The largest absolute Gasteiger partial charge is 0.439 e. The highest BCUT2D eigenvalue weighted by molar-refractivity contribution is 7.89. The summed E-state index contributed by atoms with van der Waals surface area (Å²) in [7, 11) is -3.99. The van der Waals surface area contributed by atoms with Crippen molar-refractivity contribution in [2.75, 3.05) is 13.1 Å². The van der Waals surface area contributed by atoms with Gasteiger partial charge in [-0.3, -0.25) is 4.79 Å². The van der Waals surface area contributed by atoms with Crippen LogP contribution >= 0.6 is 0 Å². The molecule has 0 bridgehead atoms. The minimum absolute atomic E-state index is 0.0402. The van der Waals surface area contributed by atoms with Crippen LogP contribution < -0.4 is 10.1 Å². The highest BCUT2D eigenvalue weighted by atomic mass is 32.2. The number of carbonyl (C=O) groups is 1. The standard InChI is InChI=1S/C23H21F2N3O4S/c24-18-5-7-19(8-6-18)32-22-10-3-16(14-26-22)15-27-23(29)17-4-9-20(25)21(13-17)33(30,31)28-11-1-2-12-28/h3-10,13-14H,1-2,11-12,15H2,(H,27,29). The van der Waals surface area contributed by atoms with Crippen LogP contribution in [0.5, 0.6) is 11.6 Å². The number of amides is 1. The summed E-state index contributed by atoms with van der Waals surface area (Å²) in [6.07, 6.45) is 2.96. The van der Waals surface area contributed by atoms with Crippen LogP contribution in [0.25, 0.3) is 0 Å². The van der Waals surface area contributed by atoms with Gasteiger partial charge in [-0.15, -0.1) is 0 Å². The minimum atomic E-state index is -3.99. The molecule has 0 atom stereocenters. The van der Waals surface area contributed by atoms with E-state index in [2.05, 4.69) is 10.3 Å². The van der Waals surface area contributed by atoms with Crippen molar-refractivity contribution in [1.82, 2.24) is 14.6 Å². The Morgan fingerprint density at radius 1 is 1.03 bits per heavy atom. The normalized spacial score (nSPS) is 14.2. The zero-order valence-electron chi connectivity index (χ0n) is 17.5. The summed E-state index contributed by atoms with van der Waals surface area (Å²) in [5.74, 6) is -1.07. The zero-order valence-corrected chi connectivity index (χ0v) is 18.3. The molecule has 1 aromatic heterocycles. The Labute approximate surface area is 190 Å². The minimum Gasteiger partial charge on any atom is -0.439 e. The maximum absolute atomic E-state index is 14.3. The molecule has 0 spiro atoms. The van der Waals surface area contributed by atoms with E-state index in [9.17, 15) is 22.0 Å². The van der Waals surface area contributed by atoms with Crippen LogP contribution in [-0.2, 0) is 16.6 Å². The molecule has 1 aliphatic rings. The Balaban J connectivity index is 1.40. The summed E-state index contributed by atoms with van der Waals surface area (Å²) in [6.45, 7) is 0.798. The van der Waals surface area contributed by atoms with Crippen LogP contribution in [0.1, 0.15) is 28.8 Å². The number of ether oxygens (including phenoxy) is 1. The van der Waals surface area contributed by atoms with Crippen LogP contribution in [0.3, 0.4) is 0 Å². The first-order valence-electron chi connectivity index (χ1n) is 10.3. The van der Waals surface area contributed by atoms with Crippen molar-refractivity contribution < 1.29 is 26.7 Å². The van der Waals surface area contributed by atoms with Crippen molar-refractivity contribution in [1.29, 1.82) is 0 Å². The Morgan fingerprint density at radius 2 is 1.76 bits per heavy atom. The van der Waals surface area contributed by atoms with Gasteiger partial charge in [0.1, 0.15) is 22.3 Å². The molecule has 0 radical (unpaired) electrons. The van der Waals surface area contributed by atoms with E-state index >= 15 is 0 Å². The molecule has 2 aromatic carbocycles. The van der Waals surface area contributed by atoms with Gasteiger partial charge in [0.2, 0.25) is 15.9 Å². The molecule has 172 valence electrons. The number of hydrogen-bond donors (Lipinski definition) is 1. The number of carbonyl (C=O) groups excluding carboxylic acids is 1. The van der Waals surface area contributed by atoms with Gasteiger partial charge in [-0.05, 0) is 60.9 Å². The molecule has 1 N–H and O–H groups in total. The van der Waals surface area contributed by atoms with Gasteiger partial charge in [0.05, 0.1) is 0 Å². The third-order valence-corrected chi connectivity index (χ3v) is 7.08. The van der Waals surface area contributed by atoms with Crippen molar-refractivity contribution in [2.45, 2.75) is 24.3 Å². The molecule has 33 heavy (non-hydrogen) atoms. The fourth-order valence-electron chi connectivity index (χ4n) is 3.39. The second-order valence-electron chi connectivity index (χ2n) is 7.50. The lowest BCUT2D eigenvalue weighted by Crippen LogP contribution is -2.29. The molecular weight excluding hydrogens is 452 g/mol. The van der Waals surface area contributed by atoms with E-state index in [1.54, 1.807) is 12.1 Å². The molecule has 0 unspecified atom stereocenters. The van der Waals surface area contributed by atoms with E-state index < -0.39 is 26.6 Å². The number of aromatic nitrogens is 1. The predicted octanol–water partition coefficient (Wildman–Crippen LogP) is 3.87. The summed E-state index contributed by atoms with van der Waals surface area (Å²) in [5.41, 5.74) is 0.709. The summed E-state index contributed by atoms with van der Waals surface area (Å²) in [4.78, 5) is 16.2.